The van der Waals surface area contributed by atoms with E-state index in [9.17, 15) is 9.59 Å². The van der Waals surface area contributed by atoms with Gasteiger partial charge in [-0.05, 0) is 32.9 Å². The number of aryl methyl sites for hydroxylation is 1. The van der Waals surface area contributed by atoms with Crippen molar-refractivity contribution >= 4 is 22.8 Å². The molecule has 1 spiro atoms. The molecule has 2 saturated heterocycles. The molecule has 152 valence electrons. The number of benzene rings is 1. The third-order valence-corrected chi connectivity index (χ3v) is 6.53. The van der Waals surface area contributed by atoms with E-state index in [1.54, 1.807) is 0 Å². The van der Waals surface area contributed by atoms with E-state index >= 15 is 0 Å². The summed E-state index contributed by atoms with van der Waals surface area (Å²) >= 11 is 0. The molecule has 2 amide bonds. The maximum atomic E-state index is 13.2. The minimum atomic E-state index is -0.648. The first-order chi connectivity index (χ1) is 13.9. The second-order valence-electron chi connectivity index (χ2n) is 8.44. The molecule has 0 unspecified atom stereocenters. The largest absolute Gasteiger partial charge is 0.360 e. The van der Waals surface area contributed by atoms with E-state index in [4.69, 9.17) is 4.74 Å². The lowest BCUT2D eigenvalue weighted by Gasteiger charge is -2.24. The summed E-state index contributed by atoms with van der Waals surface area (Å²) in [6, 6.07) is 8.05. The average Bonchev–Trinajstić information content (AvgIpc) is 3.43. The molecule has 1 N–H and O–H groups in total. The summed E-state index contributed by atoms with van der Waals surface area (Å²) in [6.07, 6.45) is 3.60. The van der Waals surface area contributed by atoms with Crippen LogP contribution in [0.15, 0.2) is 36.4 Å². The topological polar surface area (TPSA) is 76.5 Å². The molecule has 4 heterocycles. The molecular formula is C22H26N4O3. The first kappa shape index (κ1) is 18.4. The molecule has 1 aromatic heterocycles. The first-order valence-corrected chi connectivity index (χ1v) is 10.3. The van der Waals surface area contributed by atoms with Crippen molar-refractivity contribution in [2.75, 3.05) is 6.54 Å². The lowest BCUT2D eigenvalue weighted by atomic mass is 9.77. The molecule has 7 nitrogen and oxygen atoms in total. The van der Waals surface area contributed by atoms with Crippen LogP contribution in [0.1, 0.15) is 26.6 Å². The van der Waals surface area contributed by atoms with Crippen molar-refractivity contribution in [3.05, 3.63) is 42.2 Å². The van der Waals surface area contributed by atoms with Gasteiger partial charge < -0.3 is 19.5 Å². The highest BCUT2D eigenvalue weighted by Gasteiger charge is 2.67. The molecule has 29 heavy (non-hydrogen) atoms. The number of para-hydroxylation sites is 2. The fourth-order valence-electron chi connectivity index (χ4n) is 5.16. The predicted molar refractivity (Wildman–Crippen MR) is 108 cm³/mol. The number of carbonyl (C=O) groups excluding carboxylic acids is 2. The van der Waals surface area contributed by atoms with Crippen molar-refractivity contribution in [1.82, 2.24) is 19.8 Å². The number of nitrogens with one attached hydrogen (secondary N) is 1. The fourth-order valence-corrected chi connectivity index (χ4v) is 5.16. The lowest BCUT2D eigenvalue weighted by Crippen LogP contribution is -2.44. The molecule has 0 aliphatic carbocycles. The number of imidazole rings is 1. The Kier molecular flexibility index (Phi) is 4.07. The first-order valence-electron chi connectivity index (χ1n) is 10.3. The van der Waals surface area contributed by atoms with Gasteiger partial charge in [0.1, 0.15) is 11.4 Å². The number of ether oxygens (including phenoxy) is 1. The second-order valence-corrected chi connectivity index (χ2v) is 8.44. The van der Waals surface area contributed by atoms with Gasteiger partial charge in [-0.15, -0.1) is 0 Å². The zero-order valence-corrected chi connectivity index (χ0v) is 17.0. The fraction of sp³-hybridized carbons (Fsp3) is 0.500. The van der Waals surface area contributed by atoms with Gasteiger partial charge in [0.2, 0.25) is 11.8 Å². The van der Waals surface area contributed by atoms with E-state index in [0.29, 0.717) is 13.1 Å². The summed E-state index contributed by atoms with van der Waals surface area (Å²) in [5.41, 5.74) is 1.33. The van der Waals surface area contributed by atoms with Crippen LogP contribution in [0.5, 0.6) is 0 Å². The zero-order valence-electron chi connectivity index (χ0n) is 17.0. The van der Waals surface area contributed by atoms with Crippen LogP contribution in [0, 0.1) is 11.8 Å². The van der Waals surface area contributed by atoms with Crippen molar-refractivity contribution in [3.8, 4) is 0 Å². The van der Waals surface area contributed by atoms with E-state index in [0.717, 1.165) is 23.4 Å². The molecule has 0 saturated carbocycles. The third-order valence-electron chi connectivity index (χ3n) is 6.53. The van der Waals surface area contributed by atoms with Crippen LogP contribution in [0.2, 0.25) is 0 Å². The molecular weight excluding hydrogens is 368 g/mol. The van der Waals surface area contributed by atoms with Crippen molar-refractivity contribution in [1.29, 1.82) is 0 Å². The van der Waals surface area contributed by atoms with Crippen molar-refractivity contribution in [2.45, 2.75) is 51.6 Å². The normalized spacial score (nSPS) is 30.0. The van der Waals surface area contributed by atoms with Crippen LogP contribution in [0.3, 0.4) is 0 Å². The Morgan fingerprint density at radius 2 is 2.17 bits per heavy atom. The van der Waals surface area contributed by atoms with Crippen LogP contribution in [0.25, 0.3) is 11.0 Å². The summed E-state index contributed by atoms with van der Waals surface area (Å²) in [6.45, 7) is 7.69. The smallest absolute Gasteiger partial charge is 0.230 e. The predicted octanol–water partition coefficient (Wildman–Crippen LogP) is 1.86. The molecule has 3 aliphatic rings. The van der Waals surface area contributed by atoms with Gasteiger partial charge in [-0.2, -0.15) is 0 Å². The van der Waals surface area contributed by atoms with Crippen LogP contribution in [-0.2, 0) is 27.4 Å². The lowest BCUT2D eigenvalue weighted by molar-refractivity contribution is -0.138. The highest BCUT2D eigenvalue weighted by molar-refractivity contribution is 5.93. The number of carbonyl (C=O) groups is 2. The van der Waals surface area contributed by atoms with Gasteiger partial charge >= 0.3 is 0 Å². The van der Waals surface area contributed by atoms with Crippen molar-refractivity contribution in [2.24, 2.45) is 11.8 Å². The Hall–Kier alpha value is -2.67. The van der Waals surface area contributed by atoms with E-state index in [1.807, 2.05) is 55.2 Å². The van der Waals surface area contributed by atoms with Gasteiger partial charge in [-0.25, -0.2) is 4.98 Å². The Bertz CT molecular complexity index is 1030. The van der Waals surface area contributed by atoms with Crippen molar-refractivity contribution in [3.63, 3.8) is 0 Å². The maximum absolute atomic E-state index is 13.2. The van der Waals surface area contributed by atoms with Gasteiger partial charge in [0, 0.05) is 12.6 Å². The molecule has 3 aliphatic heterocycles. The number of hydrogen-bond donors (Lipinski definition) is 1. The third kappa shape index (κ3) is 2.56. The Balaban J connectivity index is 1.37. The Labute approximate surface area is 169 Å². The quantitative estimate of drug-likeness (QED) is 0.786. The summed E-state index contributed by atoms with van der Waals surface area (Å²) in [5, 5.41) is 3.03. The number of likely N-dealkylation sites (tertiary alicyclic amines) is 1. The van der Waals surface area contributed by atoms with E-state index in [-0.39, 0.29) is 24.0 Å². The number of rotatable bonds is 5. The molecule has 4 atom stereocenters. The molecule has 5 rings (SSSR count). The molecule has 7 heteroatoms. The van der Waals surface area contributed by atoms with Gasteiger partial charge in [0.05, 0.1) is 42.1 Å². The van der Waals surface area contributed by atoms with Gasteiger partial charge in [-0.1, -0.05) is 24.3 Å². The SMILES string of the molecule is CCn1c(CNC(=O)[C@@H]2[C@H]3C=C[C@@]4(CN(C(C)C)C(=O)[C@@H]24)O3)nc2ccccc21. The molecule has 0 radical (unpaired) electrons. The van der Waals surface area contributed by atoms with Crippen LogP contribution < -0.4 is 5.32 Å². The summed E-state index contributed by atoms with van der Waals surface area (Å²) in [5.74, 6) is -0.230. The van der Waals surface area contributed by atoms with E-state index < -0.39 is 17.4 Å². The Morgan fingerprint density at radius 1 is 1.38 bits per heavy atom. The second kappa shape index (κ2) is 6.42. The van der Waals surface area contributed by atoms with Gasteiger partial charge in [0.25, 0.3) is 0 Å². The highest BCUT2D eigenvalue weighted by atomic mass is 16.5. The standard InChI is InChI=1S/C22H26N4O3/c1-4-25-15-8-6-5-7-14(15)24-17(25)11-23-20(27)18-16-9-10-22(29-16)12-26(13(2)3)21(28)19(18)22/h5-10,13,16,18-19H,4,11-12H2,1-3H3,(H,23,27)/t16-,18-,19-,22+/m1/s1. The van der Waals surface area contributed by atoms with E-state index in [2.05, 4.69) is 21.8 Å². The minimum Gasteiger partial charge on any atom is -0.360 e. The molecule has 1 aromatic carbocycles. The highest BCUT2D eigenvalue weighted by Crippen LogP contribution is 2.52. The summed E-state index contributed by atoms with van der Waals surface area (Å²) in [7, 11) is 0. The number of amides is 2. The molecule has 2 aromatic rings. The molecule has 2 fully saturated rings. The molecule has 2 bridgehead atoms. The van der Waals surface area contributed by atoms with Crippen LogP contribution >= 0.6 is 0 Å². The maximum Gasteiger partial charge on any atom is 0.230 e. The van der Waals surface area contributed by atoms with Crippen molar-refractivity contribution < 1.29 is 14.3 Å². The number of nitrogens with zero attached hydrogens (tertiary/aromatic N) is 3. The zero-order chi connectivity index (χ0) is 20.3. The van der Waals surface area contributed by atoms with Gasteiger partial charge in [-0.3, -0.25) is 9.59 Å². The van der Waals surface area contributed by atoms with Crippen LogP contribution in [0.4, 0.5) is 0 Å². The van der Waals surface area contributed by atoms with E-state index in [1.165, 1.54) is 0 Å². The number of hydrogen-bond acceptors (Lipinski definition) is 4. The monoisotopic (exact) mass is 394 g/mol. The Morgan fingerprint density at radius 3 is 2.93 bits per heavy atom. The summed E-state index contributed by atoms with van der Waals surface area (Å²) < 4.78 is 8.26. The minimum absolute atomic E-state index is 0.0211. The average molecular weight is 394 g/mol. The van der Waals surface area contributed by atoms with Gasteiger partial charge in [0.15, 0.2) is 0 Å². The summed E-state index contributed by atoms with van der Waals surface area (Å²) in [4.78, 5) is 32.7. The van der Waals surface area contributed by atoms with Crippen LogP contribution in [-0.4, -0.2) is 50.6 Å². The number of aromatic nitrogens is 2. The number of fused-ring (bicyclic) bond motifs is 2.